The van der Waals surface area contributed by atoms with Gasteiger partial charge in [0.15, 0.2) is 9.84 Å². The van der Waals surface area contributed by atoms with Gasteiger partial charge in [0.05, 0.1) is 10.5 Å². The summed E-state index contributed by atoms with van der Waals surface area (Å²) in [4.78, 5) is 12.2. The highest BCUT2D eigenvalue weighted by molar-refractivity contribution is 7.92. The molecule has 1 rings (SSSR count). The molecule has 0 aliphatic heterocycles. The second-order valence-electron chi connectivity index (χ2n) is 6.26. The van der Waals surface area contributed by atoms with Gasteiger partial charge < -0.3 is 11.1 Å². The molecule has 1 unspecified atom stereocenters. The van der Waals surface area contributed by atoms with Gasteiger partial charge in [-0.05, 0) is 33.3 Å². The van der Waals surface area contributed by atoms with E-state index >= 15 is 0 Å². The monoisotopic (exact) mass is 348 g/mol. The van der Waals surface area contributed by atoms with E-state index in [1.165, 1.54) is 0 Å². The van der Waals surface area contributed by atoms with E-state index in [0.717, 1.165) is 0 Å². The summed E-state index contributed by atoms with van der Waals surface area (Å²) in [6, 6.07) is 8.99. The minimum atomic E-state index is -3.26. The molecule has 5 nitrogen and oxygen atoms in total. The Morgan fingerprint density at radius 3 is 2.09 bits per heavy atom. The molecular formula is C15H25ClN2O3S. The molecule has 126 valence electrons. The fourth-order valence-electron chi connectivity index (χ4n) is 1.70. The van der Waals surface area contributed by atoms with Gasteiger partial charge in [-0.15, -0.1) is 12.4 Å². The van der Waals surface area contributed by atoms with Crippen molar-refractivity contribution in [1.29, 1.82) is 0 Å². The number of nitrogens with one attached hydrogen (secondary N) is 1. The lowest BCUT2D eigenvalue weighted by Gasteiger charge is -2.25. The average Bonchev–Trinajstić information content (AvgIpc) is 2.38. The fourth-order valence-corrected chi connectivity index (χ4v) is 2.69. The lowest BCUT2D eigenvalue weighted by Crippen LogP contribution is -2.50. The predicted octanol–water partition coefficient (Wildman–Crippen LogP) is 1.61. The van der Waals surface area contributed by atoms with Crippen molar-refractivity contribution in [3.63, 3.8) is 0 Å². The topological polar surface area (TPSA) is 89.3 Å². The maximum atomic E-state index is 12.2. The van der Waals surface area contributed by atoms with Crippen LogP contribution in [-0.2, 0) is 20.2 Å². The van der Waals surface area contributed by atoms with Crippen LogP contribution in [0.5, 0.6) is 0 Å². The second kappa shape index (κ2) is 7.44. The van der Waals surface area contributed by atoms with Crippen LogP contribution < -0.4 is 11.1 Å². The largest absolute Gasteiger partial charge is 0.353 e. The van der Waals surface area contributed by atoms with Crippen LogP contribution in [0.2, 0.25) is 0 Å². The fraction of sp³-hybridized carbons (Fsp3) is 0.533. The number of rotatable bonds is 5. The summed E-state index contributed by atoms with van der Waals surface area (Å²) in [6.07, 6.45) is 0. The maximum absolute atomic E-state index is 12.2. The van der Waals surface area contributed by atoms with Crippen molar-refractivity contribution in [2.75, 3.05) is 12.3 Å². The number of benzene rings is 1. The third-order valence-electron chi connectivity index (χ3n) is 3.43. The molecule has 1 atom stereocenters. The van der Waals surface area contributed by atoms with Gasteiger partial charge >= 0.3 is 0 Å². The van der Waals surface area contributed by atoms with Crippen molar-refractivity contribution in [3.8, 4) is 0 Å². The first kappa shape index (κ1) is 20.9. The molecule has 0 bridgehead atoms. The number of halogens is 1. The highest BCUT2D eigenvalue weighted by Crippen LogP contribution is 2.18. The number of nitrogens with two attached hydrogens (primary N) is 1. The Kier molecular flexibility index (Phi) is 7.06. The van der Waals surface area contributed by atoms with E-state index in [1.807, 2.05) is 6.07 Å². The van der Waals surface area contributed by atoms with E-state index < -0.39 is 26.0 Å². The molecule has 0 saturated carbocycles. The summed E-state index contributed by atoms with van der Waals surface area (Å²) >= 11 is 0. The number of carbonyl (C=O) groups excluding carboxylic acids is 1. The van der Waals surface area contributed by atoms with Gasteiger partial charge in [0, 0.05) is 6.54 Å². The molecule has 0 aromatic heterocycles. The van der Waals surface area contributed by atoms with Crippen molar-refractivity contribution in [2.24, 2.45) is 5.73 Å². The highest BCUT2D eigenvalue weighted by Gasteiger charge is 2.32. The molecular weight excluding hydrogens is 324 g/mol. The van der Waals surface area contributed by atoms with Gasteiger partial charge in [0.1, 0.15) is 5.54 Å². The number of carbonyl (C=O) groups is 1. The van der Waals surface area contributed by atoms with Crippen LogP contribution in [0.4, 0.5) is 0 Å². The molecule has 0 aliphatic rings. The van der Waals surface area contributed by atoms with E-state index in [4.69, 9.17) is 5.73 Å². The Hall–Kier alpha value is -1.11. The zero-order valence-electron chi connectivity index (χ0n) is 13.4. The second-order valence-corrected chi connectivity index (χ2v) is 9.12. The van der Waals surface area contributed by atoms with Crippen molar-refractivity contribution >= 4 is 28.2 Å². The standard InChI is InChI=1S/C15H24N2O3S.ClH/c1-14(2,3)21(19,20)11-10-17-13(18)15(4,16)12-8-6-5-7-9-12;/h5-9H,10-11,16H2,1-4H3,(H,17,18);1H. The Morgan fingerprint density at radius 2 is 1.64 bits per heavy atom. The van der Waals surface area contributed by atoms with Gasteiger partial charge in [-0.25, -0.2) is 8.42 Å². The molecule has 3 N–H and O–H groups in total. The minimum Gasteiger partial charge on any atom is -0.353 e. The first-order valence-corrected chi connectivity index (χ1v) is 8.49. The van der Waals surface area contributed by atoms with E-state index in [2.05, 4.69) is 5.32 Å². The summed E-state index contributed by atoms with van der Waals surface area (Å²) < 4.78 is 23.1. The van der Waals surface area contributed by atoms with Crippen molar-refractivity contribution in [2.45, 2.75) is 38.0 Å². The Balaban J connectivity index is 0.00000441. The van der Waals surface area contributed by atoms with Crippen LogP contribution in [-0.4, -0.2) is 31.4 Å². The van der Waals surface area contributed by atoms with E-state index in [9.17, 15) is 13.2 Å². The molecule has 0 spiro atoms. The molecule has 0 fully saturated rings. The van der Waals surface area contributed by atoms with Gasteiger partial charge in [-0.2, -0.15) is 0 Å². The third kappa shape index (κ3) is 4.97. The Bertz CT molecular complexity index is 593. The van der Waals surface area contributed by atoms with Crippen LogP contribution >= 0.6 is 12.4 Å². The van der Waals surface area contributed by atoms with Crippen molar-refractivity contribution in [1.82, 2.24) is 5.32 Å². The van der Waals surface area contributed by atoms with E-state index in [-0.39, 0.29) is 24.7 Å². The smallest absolute Gasteiger partial charge is 0.244 e. The molecule has 0 saturated heterocycles. The minimum absolute atomic E-state index is 0. The molecule has 0 heterocycles. The van der Waals surface area contributed by atoms with Gasteiger partial charge in [-0.1, -0.05) is 30.3 Å². The van der Waals surface area contributed by atoms with E-state index in [1.54, 1.807) is 52.0 Å². The normalized spacial score (nSPS) is 14.6. The predicted molar refractivity (Wildman–Crippen MR) is 91.8 cm³/mol. The van der Waals surface area contributed by atoms with Gasteiger partial charge in [0.25, 0.3) is 0 Å². The average molecular weight is 349 g/mol. The molecule has 7 heteroatoms. The maximum Gasteiger partial charge on any atom is 0.244 e. The van der Waals surface area contributed by atoms with Crippen LogP contribution in [0.15, 0.2) is 30.3 Å². The van der Waals surface area contributed by atoms with Gasteiger partial charge in [0.2, 0.25) is 5.91 Å². The number of sulfone groups is 1. The summed E-state index contributed by atoms with van der Waals surface area (Å²) in [5.41, 5.74) is 5.55. The quantitative estimate of drug-likeness (QED) is 0.846. The van der Waals surface area contributed by atoms with E-state index in [0.29, 0.717) is 5.56 Å². The Labute approximate surface area is 139 Å². The zero-order chi connectivity index (χ0) is 16.3. The first-order valence-electron chi connectivity index (χ1n) is 6.83. The summed E-state index contributed by atoms with van der Waals surface area (Å²) in [7, 11) is -3.26. The Morgan fingerprint density at radius 1 is 1.14 bits per heavy atom. The zero-order valence-corrected chi connectivity index (χ0v) is 15.1. The number of hydrogen-bond donors (Lipinski definition) is 2. The SMILES string of the molecule is CC(N)(C(=O)NCCS(=O)(=O)C(C)(C)C)c1ccccc1.Cl. The van der Waals surface area contributed by atoms with Crippen molar-refractivity contribution in [3.05, 3.63) is 35.9 Å². The van der Waals surface area contributed by atoms with Crippen LogP contribution in [0, 0.1) is 0 Å². The molecule has 1 aromatic carbocycles. The molecule has 1 aromatic rings. The molecule has 22 heavy (non-hydrogen) atoms. The molecule has 1 amide bonds. The molecule has 0 aliphatic carbocycles. The summed E-state index contributed by atoms with van der Waals surface area (Å²) in [6.45, 7) is 6.58. The van der Waals surface area contributed by atoms with Gasteiger partial charge in [-0.3, -0.25) is 4.79 Å². The van der Waals surface area contributed by atoms with Crippen LogP contribution in [0.3, 0.4) is 0 Å². The summed E-state index contributed by atoms with van der Waals surface area (Å²) in [5, 5.41) is 2.61. The van der Waals surface area contributed by atoms with Crippen LogP contribution in [0.1, 0.15) is 33.3 Å². The summed E-state index contributed by atoms with van der Waals surface area (Å²) in [5.74, 6) is -0.495. The molecule has 0 radical (unpaired) electrons. The first-order chi connectivity index (χ1) is 9.48. The van der Waals surface area contributed by atoms with Crippen LogP contribution in [0.25, 0.3) is 0 Å². The van der Waals surface area contributed by atoms with Crippen molar-refractivity contribution < 1.29 is 13.2 Å². The lowest BCUT2D eigenvalue weighted by molar-refractivity contribution is -0.125. The highest BCUT2D eigenvalue weighted by atomic mass is 35.5. The lowest BCUT2D eigenvalue weighted by atomic mass is 9.92. The third-order valence-corrected chi connectivity index (χ3v) is 6.04. The number of amides is 1. The number of hydrogen-bond acceptors (Lipinski definition) is 4.